The number of carbonyl (C=O) groups excluding carboxylic acids is 1. The quantitative estimate of drug-likeness (QED) is 0.586. The molecule has 1 N–H and O–H groups in total. The molecule has 148 valence electrons. The number of hydrogen-bond donors (Lipinski definition) is 1. The van der Waals surface area contributed by atoms with E-state index in [-0.39, 0.29) is 28.7 Å². The van der Waals surface area contributed by atoms with Gasteiger partial charge < -0.3 is 9.88 Å². The van der Waals surface area contributed by atoms with Gasteiger partial charge in [0.05, 0.1) is 16.7 Å². The Morgan fingerprint density at radius 2 is 1.86 bits per heavy atom. The van der Waals surface area contributed by atoms with Crippen LogP contribution in [0.4, 0.5) is 14.5 Å². The van der Waals surface area contributed by atoms with E-state index in [0.717, 1.165) is 6.26 Å². The minimum Gasteiger partial charge on any atom is -0.324 e. The minimum absolute atomic E-state index is 0.195. The number of benzene rings is 2. The molecule has 0 radical (unpaired) electrons. The standard InChI is InChI=1S/C18H17F2N3O3S2/c1-28(25,26)11-16-21-12-6-2-4-8-14(12)23(16)10-17(24)22-13-7-3-5-9-15(13)27-18(19)20/h2-9,18H,10-11H2,1H3,(H,22,24). The van der Waals surface area contributed by atoms with E-state index < -0.39 is 21.5 Å². The van der Waals surface area contributed by atoms with Crippen LogP contribution >= 0.6 is 11.8 Å². The number of aromatic nitrogens is 2. The van der Waals surface area contributed by atoms with Gasteiger partial charge in [-0.2, -0.15) is 8.78 Å². The lowest BCUT2D eigenvalue weighted by atomic mass is 10.3. The Hall–Kier alpha value is -2.46. The SMILES string of the molecule is CS(=O)(=O)Cc1nc2ccccc2n1CC(=O)Nc1ccccc1SC(F)F. The van der Waals surface area contributed by atoms with Gasteiger partial charge in [-0.05, 0) is 24.3 Å². The summed E-state index contributed by atoms with van der Waals surface area (Å²) in [5, 5.41) is 2.62. The second-order valence-corrected chi connectivity index (χ2v) is 9.27. The molecule has 0 aliphatic rings. The van der Waals surface area contributed by atoms with Gasteiger partial charge in [-0.1, -0.05) is 36.0 Å². The van der Waals surface area contributed by atoms with Crippen molar-refractivity contribution in [3.63, 3.8) is 0 Å². The van der Waals surface area contributed by atoms with Crippen molar-refractivity contribution in [1.82, 2.24) is 9.55 Å². The van der Waals surface area contributed by atoms with E-state index in [4.69, 9.17) is 0 Å². The number of anilines is 1. The predicted octanol–water partition coefficient (Wildman–Crippen LogP) is 3.53. The molecule has 6 nitrogen and oxygen atoms in total. The molecule has 2 aromatic carbocycles. The lowest BCUT2D eigenvalue weighted by Crippen LogP contribution is -2.21. The number of nitrogens with zero attached hydrogens (tertiary/aromatic N) is 2. The average Bonchev–Trinajstić information content (AvgIpc) is 2.92. The molecular weight excluding hydrogens is 408 g/mol. The largest absolute Gasteiger partial charge is 0.324 e. The topological polar surface area (TPSA) is 81.1 Å². The van der Waals surface area contributed by atoms with E-state index in [9.17, 15) is 22.0 Å². The molecule has 1 amide bonds. The van der Waals surface area contributed by atoms with E-state index in [2.05, 4.69) is 10.3 Å². The van der Waals surface area contributed by atoms with E-state index in [0.29, 0.717) is 22.8 Å². The van der Waals surface area contributed by atoms with Gasteiger partial charge in [0.15, 0.2) is 9.84 Å². The second-order valence-electron chi connectivity index (χ2n) is 6.10. The monoisotopic (exact) mass is 425 g/mol. The summed E-state index contributed by atoms with van der Waals surface area (Å²) in [5.41, 5.74) is 1.46. The van der Waals surface area contributed by atoms with Crippen LogP contribution in [0.2, 0.25) is 0 Å². The molecule has 0 spiro atoms. The zero-order valence-electron chi connectivity index (χ0n) is 14.8. The number of amides is 1. The normalized spacial score (nSPS) is 11.9. The van der Waals surface area contributed by atoms with Crippen molar-refractivity contribution < 1.29 is 22.0 Å². The Bertz CT molecular complexity index is 1110. The van der Waals surface area contributed by atoms with Gasteiger partial charge in [0, 0.05) is 11.2 Å². The summed E-state index contributed by atoms with van der Waals surface area (Å²) < 4.78 is 50.4. The predicted molar refractivity (Wildman–Crippen MR) is 105 cm³/mol. The highest BCUT2D eigenvalue weighted by Crippen LogP contribution is 2.31. The molecule has 0 atom stereocenters. The Labute approximate surface area is 164 Å². The first-order valence-electron chi connectivity index (χ1n) is 8.18. The summed E-state index contributed by atoms with van der Waals surface area (Å²) in [6.07, 6.45) is 1.09. The van der Waals surface area contributed by atoms with Crippen molar-refractivity contribution in [3.8, 4) is 0 Å². The van der Waals surface area contributed by atoms with Crippen molar-refractivity contribution in [1.29, 1.82) is 0 Å². The number of fused-ring (bicyclic) bond motifs is 1. The maximum atomic E-state index is 12.7. The maximum absolute atomic E-state index is 12.7. The molecule has 3 aromatic rings. The third kappa shape index (κ3) is 5.08. The highest BCUT2D eigenvalue weighted by molar-refractivity contribution is 7.99. The number of nitrogens with one attached hydrogen (secondary N) is 1. The molecule has 0 saturated carbocycles. The van der Waals surface area contributed by atoms with Crippen LogP contribution in [0.5, 0.6) is 0 Å². The number of para-hydroxylation sites is 3. The van der Waals surface area contributed by atoms with Gasteiger partial charge in [-0.25, -0.2) is 13.4 Å². The van der Waals surface area contributed by atoms with E-state index in [1.165, 1.54) is 16.7 Å². The van der Waals surface area contributed by atoms with Crippen LogP contribution in [0.3, 0.4) is 0 Å². The molecule has 0 fully saturated rings. The smallest absolute Gasteiger partial charge is 0.288 e. The average molecular weight is 425 g/mol. The Morgan fingerprint density at radius 1 is 1.18 bits per heavy atom. The summed E-state index contributed by atoms with van der Waals surface area (Å²) in [6, 6.07) is 13.3. The Balaban J connectivity index is 1.88. The molecule has 0 aliphatic carbocycles. The van der Waals surface area contributed by atoms with Gasteiger partial charge in [-0.15, -0.1) is 0 Å². The molecule has 0 aliphatic heterocycles. The summed E-state index contributed by atoms with van der Waals surface area (Å²) in [6.45, 7) is -0.195. The van der Waals surface area contributed by atoms with Gasteiger partial charge in [0.1, 0.15) is 18.1 Å². The third-order valence-electron chi connectivity index (χ3n) is 3.80. The van der Waals surface area contributed by atoms with Crippen molar-refractivity contribution in [3.05, 3.63) is 54.4 Å². The van der Waals surface area contributed by atoms with Gasteiger partial charge in [-0.3, -0.25) is 4.79 Å². The molecule has 10 heteroatoms. The molecule has 1 heterocycles. The molecular formula is C18H17F2N3O3S2. The summed E-state index contributed by atoms with van der Waals surface area (Å²) in [5.74, 6) is -3.15. The van der Waals surface area contributed by atoms with Gasteiger partial charge in [0.2, 0.25) is 5.91 Å². The van der Waals surface area contributed by atoms with E-state index in [1.54, 1.807) is 36.4 Å². The van der Waals surface area contributed by atoms with Crippen molar-refractivity contribution in [2.45, 2.75) is 23.0 Å². The molecule has 1 aromatic heterocycles. The fraction of sp³-hybridized carbons (Fsp3) is 0.222. The number of imidazole rings is 1. The zero-order chi connectivity index (χ0) is 20.3. The van der Waals surface area contributed by atoms with Crippen molar-refractivity contribution >= 4 is 44.2 Å². The highest BCUT2D eigenvalue weighted by Gasteiger charge is 2.18. The molecule has 0 unspecified atom stereocenters. The number of thioether (sulfide) groups is 1. The maximum Gasteiger partial charge on any atom is 0.288 e. The lowest BCUT2D eigenvalue weighted by Gasteiger charge is -2.12. The highest BCUT2D eigenvalue weighted by atomic mass is 32.2. The Morgan fingerprint density at radius 3 is 2.57 bits per heavy atom. The summed E-state index contributed by atoms with van der Waals surface area (Å²) >= 11 is 0.342. The van der Waals surface area contributed by atoms with E-state index >= 15 is 0 Å². The molecule has 28 heavy (non-hydrogen) atoms. The van der Waals surface area contributed by atoms with Crippen LogP contribution in [0.15, 0.2) is 53.4 Å². The second kappa shape index (κ2) is 8.27. The lowest BCUT2D eigenvalue weighted by molar-refractivity contribution is -0.116. The van der Waals surface area contributed by atoms with Crippen LogP contribution in [0, 0.1) is 0 Å². The van der Waals surface area contributed by atoms with Crippen molar-refractivity contribution in [2.75, 3.05) is 11.6 Å². The first-order valence-corrected chi connectivity index (χ1v) is 11.1. The first-order chi connectivity index (χ1) is 13.2. The summed E-state index contributed by atoms with van der Waals surface area (Å²) in [4.78, 5) is 17.1. The fourth-order valence-electron chi connectivity index (χ4n) is 2.75. The zero-order valence-corrected chi connectivity index (χ0v) is 16.4. The van der Waals surface area contributed by atoms with Crippen LogP contribution in [0.1, 0.15) is 5.82 Å². The van der Waals surface area contributed by atoms with Crippen LogP contribution < -0.4 is 5.32 Å². The number of rotatable bonds is 7. The number of hydrogen-bond acceptors (Lipinski definition) is 5. The fourth-order valence-corrected chi connectivity index (χ4v) is 4.03. The van der Waals surface area contributed by atoms with Crippen LogP contribution in [-0.2, 0) is 26.9 Å². The minimum atomic E-state index is -3.36. The molecule has 0 saturated heterocycles. The number of halogens is 2. The van der Waals surface area contributed by atoms with Crippen LogP contribution in [0.25, 0.3) is 11.0 Å². The Kier molecular flexibility index (Phi) is 5.99. The van der Waals surface area contributed by atoms with Crippen LogP contribution in [-0.4, -0.2) is 35.9 Å². The molecule has 3 rings (SSSR count). The van der Waals surface area contributed by atoms with Gasteiger partial charge in [0.25, 0.3) is 5.76 Å². The number of alkyl halides is 2. The molecule has 0 bridgehead atoms. The third-order valence-corrected chi connectivity index (χ3v) is 5.37. The number of carbonyl (C=O) groups is 1. The van der Waals surface area contributed by atoms with Crippen molar-refractivity contribution in [2.24, 2.45) is 0 Å². The van der Waals surface area contributed by atoms with Gasteiger partial charge >= 0.3 is 0 Å². The first kappa shape index (κ1) is 20.3. The number of sulfone groups is 1. The van der Waals surface area contributed by atoms with E-state index in [1.807, 2.05) is 0 Å². The summed E-state index contributed by atoms with van der Waals surface area (Å²) in [7, 11) is -3.36.